The van der Waals surface area contributed by atoms with Gasteiger partial charge in [-0.25, -0.2) is 0 Å². The lowest BCUT2D eigenvalue weighted by Crippen LogP contribution is -2.48. The number of aromatic nitrogens is 2. The van der Waals surface area contributed by atoms with Crippen molar-refractivity contribution in [3.8, 4) is 0 Å². The van der Waals surface area contributed by atoms with Crippen LogP contribution < -0.4 is 5.32 Å². The smallest absolute Gasteiger partial charge is 0.272 e. The molecule has 0 aliphatic heterocycles. The lowest BCUT2D eigenvalue weighted by Gasteiger charge is -2.27. The van der Waals surface area contributed by atoms with Crippen LogP contribution in [0.5, 0.6) is 0 Å². The Hall–Kier alpha value is -1.36. The molecule has 1 heterocycles. The van der Waals surface area contributed by atoms with Gasteiger partial charge in [0.15, 0.2) is 5.69 Å². The van der Waals surface area contributed by atoms with E-state index in [1.165, 1.54) is 0 Å². The van der Waals surface area contributed by atoms with Gasteiger partial charge in [-0.3, -0.25) is 9.89 Å². The minimum absolute atomic E-state index is 0.0676. The van der Waals surface area contributed by atoms with Crippen LogP contribution >= 0.6 is 0 Å². The minimum Gasteiger partial charge on any atom is -0.394 e. The van der Waals surface area contributed by atoms with Crippen LogP contribution in [-0.4, -0.2) is 33.4 Å². The Morgan fingerprint density at radius 1 is 1.50 bits per heavy atom. The second-order valence-corrected chi connectivity index (χ2v) is 5.26. The summed E-state index contributed by atoms with van der Waals surface area (Å²) in [4.78, 5) is 12.2. The summed E-state index contributed by atoms with van der Waals surface area (Å²) in [6.45, 7) is 3.71. The zero-order valence-electron chi connectivity index (χ0n) is 11.0. The first-order valence-electron chi connectivity index (χ1n) is 6.59. The predicted octanol–water partition coefficient (Wildman–Crippen LogP) is 1.18. The van der Waals surface area contributed by atoms with Crippen LogP contribution in [0.25, 0.3) is 0 Å². The van der Waals surface area contributed by atoms with Crippen molar-refractivity contribution in [1.29, 1.82) is 0 Å². The second kappa shape index (κ2) is 5.10. The lowest BCUT2D eigenvalue weighted by molar-refractivity contribution is 0.0841. The first kappa shape index (κ1) is 13.1. The highest BCUT2D eigenvalue weighted by Crippen LogP contribution is 2.22. The number of H-pyrrole nitrogens is 1. The molecule has 0 radical (unpaired) electrons. The Balaban J connectivity index is 2.17. The van der Waals surface area contributed by atoms with E-state index in [0.29, 0.717) is 12.1 Å². The molecule has 1 amide bonds. The average Bonchev–Trinajstić information content (AvgIpc) is 2.82. The molecular weight excluding hydrogens is 230 g/mol. The van der Waals surface area contributed by atoms with Crippen molar-refractivity contribution in [1.82, 2.24) is 15.5 Å². The van der Waals surface area contributed by atoms with Crippen LogP contribution in [0.2, 0.25) is 0 Å². The molecule has 1 aliphatic carbocycles. The molecule has 100 valence electrons. The van der Waals surface area contributed by atoms with Gasteiger partial charge in [0.2, 0.25) is 0 Å². The molecule has 0 unspecified atom stereocenters. The average molecular weight is 251 g/mol. The van der Waals surface area contributed by atoms with E-state index in [-0.39, 0.29) is 12.5 Å². The summed E-state index contributed by atoms with van der Waals surface area (Å²) in [7, 11) is 0. The molecule has 1 aromatic rings. The van der Waals surface area contributed by atoms with Gasteiger partial charge in [-0.15, -0.1) is 0 Å². The number of amides is 1. The Bertz CT molecular complexity index is 435. The Labute approximate surface area is 107 Å². The van der Waals surface area contributed by atoms with Gasteiger partial charge in [0.25, 0.3) is 5.91 Å². The van der Waals surface area contributed by atoms with E-state index >= 15 is 0 Å². The maximum absolute atomic E-state index is 12.2. The number of aromatic amines is 1. The second-order valence-electron chi connectivity index (χ2n) is 5.26. The summed E-state index contributed by atoms with van der Waals surface area (Å²) in [6, 6.07) is 0. The quantitative estimate of drug-likeness (QED) is 0.752. The number of hydrogen-bond donors (Lipinski definition) is 3. The summed E-state index contributed by atoms with van der Waals surface area (Å²) < 4.78 is 0. The van der Waals surface area contributed by atoms with Crippen LogP contribution in [0.3, 0.4) is 0 Å². The topological polar surface area (TPSA) is 78.0 Å². The largest absolute Gasteiger partial charge is 0.394 e. The summed E-state index contributed by atoms with van der Waals surface area (Å²) in [5, 5.41) is 19.3. The fourth-order valence-corrected chi connectivity index (χ4v) is 2.24. The van der Waals surface area contributed by atoms with Crippen molar-refractivity contribution < 1.29 is 9.90 Å². The van der Waals surface area contributed by atoms with E-state index in [1.54, 1.807) is 0 Å². The van der Waals surface area contributed by atoms with Gasteiger partial charge in [-0.2, -0.15) is 5.10 Å². The van der Waals surface area contributed by atoms with E-state index in [1.807, 2.05) is 13.8 Å². The van der Waals surface area contributed by atoms with E-state index < -0.39 is 5.54 Å². The monoisotopic (exact) mass is 251 g/mol. The third-order valence-corrected chi connectivity index (χ3v) is 3.82. The number of carbonyl (C=O) groups excluding carboxylic acids is 1. The molecule has 5 heteroatoms. The highest BCUT2D eigenvalue weighted by molar-refractivity contribution is 5.94. The van der Waals surface area contributed by atoms with Crippen molar-refractivity contribution in [2.45, 2.75) is 51.5 Å². The maximum atomic E-state index is 12.2. The normalized spacial score (nSPS) is 17.9. The molecule has 0 saturated carbocycles. The van der Waals surface area contributed by atoms with E-state index in [4.69, 9.17) is 0 Å². The van der Waals surface area contributed by atoms with Gasteiger partial charge in [0.1, 0.15) is 0 Å². The van der Waals surface area contributed by atoms with Crippen molar-refractivity contribution >= 4 is 5.91 Å². The Kier molecular flexibility index (Phi) is 3.71. The zero-order chi connectivity index (χ0) is 13.2. The van der Waals surface area contributed by atoms with Crippen molar-refractivity contribution in [3.05, 3.63) is 17.0 Å². The molecule has 1 aliphatic rings. The number of carbonyl (C=O) groups is 1. The number of nitrogens with one attached hydrogen (secondary N) is 2. The predicted molar refractivity (Wildman–Crippen MR) is 68.5 cm³/mol. The van der Waals surface area contributed by atoms with Crippen LogP contribution in [0.15, 0.2) is 0 Å². The molecule has 0 bridgehead atoms. The van der Waals surface area contributed by atoms with Gasteiger partial charge in [0, 0.05) is 11.3 Å². The third-order valence-electron chi connectivity index (χ3n) is 3.82. The summed E-state index contributed by atoms with van der Waals surface area (Å²) in [6.07, 6.45) is 4.83. The highest BCUT2D eigenvalue weighted by Gasteiger charge is 2.28. The number of hydrogen-bond acceptors (Lipinski definition) is 3. The van der Waals surface area contributed by atoms with Crippen molar-refractivity contribution in [2.75, 3.05) is 6.61 Å². The number of fused-ring (bicyclic) bond motifs is 1. The maximum Gasteiger partial charge on any atom is 0.272 e. The van der Waals surface area contributed by atoms with Gasteiger partial charge in [-0.1, -0.05) is 6.92 Å². The minimum atomic E-state index is -0.572. The summed E-state index contributed by atoms with van der Waals surface area (Å²) in [5.41, 5.74) is 2.07. The molecule has 3 N–H and O–H groups in total. The molecule has 2 rings (SSSR count). The lowest BCUT2D eigenvalue weighted by atomic mass is 9.95. The number of rotatable bonds is 4. The first-order chi connectivity index (χ1) is 8.59. The van der Waals surface area contributed by atoms with Crippen LogP contribution in [0.1, 0.15) is 54.9 Å². The molecule has 0 aromatic carbocycles. The van der Waals surface area contributed by atoms with Crippen molar-refractivity contribution in [3.63, 3.8) is 0 Å². The standard InChI is InChI=1S/C13H21N3O2/c1-3-13(2,8-17)14-12(18)11-9-6-4-5-7-10(9)15-16-11/h17H,3-8H2,1-2H3,(H,14,18)(H,15,16)/t13-/m1/s1. The summed E-state index contributed by atoms with van der Waals surface area (Å²) >= 11 is 0. The highest BCUT2D eigenvalue weighted by atomic mass is 16.3. The molecule has 5 nitrogen and oxygen atoms in total. The van der Waals surface area contributed by atoms with E-state index in [9.17, 15) is 9.90 Å². The molecule has 1 aromatic heterocycles. The molecule has 0 fully saturated rings. The third kappa shape index (κ3) is 2.41. The number of aliphatic hydroxyl groups is 1. The molecule has 18 heavy (non-hydrogen) atoms. The fraction of sp³-hybridized carbons (Fsp3) is 0.692. The summed E-state index contributed by atoms with van der Waals surface area (Å²) in [5.74, 6) is -0.187. The Morgan fingerprint density at radius 3 is 2.89 bits per heavy atom. The van der Waals surface area contributed by atoms with Crippen LogP contribution in [-0.2, 0) is 12.8 Å². The molecule has 0 spiro atoms. The molecular formula is C13H21N3O2. The Morgan fingerprint density at radius 2 is 2.22 bits per heavy atom. The van der Waals surface area contributed by atoms with Crippen LogP contribution in [0, 0.1) is 0 Å². The van der Waals surface area contributed by atoms with Crippen LogP contribution in [0.4, 0.5) is 0 Å². The van der Waals surface area contributed by atoms with Gasteiger partial charge < -0.3 is 10.4 Å². The molecule has 0 saturated heterocycles. The number of aryl methyl sites for hydroxylation is 1. The fourth-order valence-electron chi connectivity index (χ4n) is 2.24. The first-order valence-corrected chi connectivity index (χ1v) is 6.59. The molecule has 1 atom stereocenters. The van der Waals surface area contributed by atoms with Gasteiger partial charge in [0.05, 0.1) is 12.1 Å². The number of aliphatic hydroxyl groups excluding tert-OH is 1. The number of nitrogens with zero attached hydrogens (tertiary/aromatic N) is 1. The van der Waals surface area contributed by atoms with E-state index in [2.05, 4.69) is 15.5 Å². The SMILES string of the molecule is CC[C@](C)(CO)NC(=O)c1n[nH]c2c1CCCC2. The van der Waals surface area contributed by atoms with Gasteiger partial charge in [-0.05, 0) is 39.0 Å². The zero-order valence-corrected chi connectivity index (χ0v) is 11.0. The van der Waals surface area contributed by atoms with Gasteiger partial charge >= 0.3 is 0 Å². The van der Waals surface area contributed by atoms with Crippen molar-refractivity contribution in [2.24, 2.45) is 0 Å². The van der Waals surface area contributed by atoms with E-state index in [0.717, 1.165) is 36.9 Å².